The van der Waals surface area contributed by atoms with Gasteiger partial charge in [-0.15, -0.1) is 0 Å². The van der Waals surface area contributed by atoms with Gasteiger partial charge in [-0.2, -0.15) is 0 Å². The molecule has 196 valence electrons. The number of nitrogens with zero attached hydrogens (tertiary/aromatic N) is 2. The molecule has 1 heterocycles. The average Bonchev–Trinajstić information content (AvgIpc) is 2.88. The van der Waals surface area contributed by atoms with Crippen LogP contribution in [0.2, 0.25) is 5.02 Å². The van der Waals surface area contributed by atoms with Gasteiger partial charge in [0, 0.05) is 64.0 Å². The van der Waals surface area contributed by atoms with Gasteiger partial charge in [-0.05, 0) is 61.6 Å². The molecule has 0 spiro atoms. The van der Waals surface area contributed by atoms with Crippen molar-refractivity contribution in [3.8, 4) is 5.75 Å². The lowest BCUT2D eigenvalue weighted by molar-refractivity contribution is -0.384. The van der Waals surface area contributed by atoms with E-state index >= 15 is 0 Å². The number of halogens is 1. The molecular formula is C28H25ClN2O7. The predicted octanol–water partition coefficient (Wildman–Crippen LogP) is 5.33. The molecule has 10 heteroatoms. The number of rotatable bonds is 7. The lowest BCUT2D eigenvalue weighted by Crippen LogP contribution is -2.41. The minimum absolute atomic E-state index is 0.0281. The lowest BCUT2D eigenvalue weighted by Gasteiger charge is -2.43. The number of non-ortho nitro benzene ring substituents is 1. The van der Waals surface area contributed by atoms with Crippen LogP contribution in [0.4, 0.5) is 5.69 Å². The van der Waals surface area contributed by atoms with Gasteiger partial charge in [0.1, 0.15) is 18.9 Å². The zero-order valence-corrected chi connectivity index (χ0v) is 21.2. The van der Waals surface area contributed by atoms with Crippen LogP contribution < -0.4 is 4.74 Å². The second-order valence-electron chi connectivity index (χ2n) is 9.58. The number of nitro groups is 1. The summed E-state index contributed by atoms with van der Waals surface area (Å²) in [5, 5.41) is 21.0. The van der Waals surface area contributed by atoms with Crippen LogP contribution in [0.1, 0.15) is 55.6 Å². The molecule has 9 nitrogen and oxygen atoms in total. The summed E-state index contributed by atoms with van der Waals surface area (Å²) in [6, 6.07) is 11.1. The zero-order valence-electron chi connectivity index (χ0n) is 20.4. The smallest absolute Gasteiger partial charge is 0.323 e. The first-order chi connectivity index (χ1) is 18.2. The third kappa shape index (κ3) is 4.81. The first-order valence-electron chi connectivity index (χ1n) is 12.4. The van der Waals surface area contributed by atoms with E-state index in [0.717, 1.165) is 0 Å². The third-order valence-electron chi connectivity index (χ3n) is 7.20. The second-order valence-corrected chi connectivity index (χ2v) is 10.0. The van der Waals surface area contributed by atoms with E-state index in [-0.39, 0.29) is 30.4 Å². The Morgan fingerprint density at radius 2 is 1.61 bits per heavy atom. The lowest BCUT2D eigenvalue weighted by atomic mass is 9.70. The standard InChI is InChI=1S/C28H25ClN2O7/c29-17-9-12-24(38-15-16-7-10-18(11-8-16)31(36)37)19(13-17)26-27-20(3-1-5-22(27)32)30(14-25(34)35)21-4-2-6-23(33)28(21)26/h7-13,26H,1-6,14-15H2,(H,34,35). The number of ether oxygens (including phenoxy) is 1. The number of allylic oxidation sites excluding steroid dienone is 4. The monoisotopic (exact) mass is 536 g/mol. The normalized spacial score (nSPS) is 17.9. The second kappa shape index (κ2) is 10.4. The fourth-order valence-electron chi connectivity index (χ4n) is 5.60. The fourth-order valence-corrected chi connectivity index (χ4v) is 5.79. The Morgan fingerprint density at radius 1 is 1.00 bits per heavy atom. The number of ketones is 2. The topological polar surface area (TPSA) is 127 Å². The summed E-state index contributed by atoms with van der Waals surface area (Å²) in [5.74, 6) is -1.54. The molecule has 1 N–H and O–H groups in total. The first kappa shape index (κ1) is 25.7. The number of nitro benzene ring substituents is 1. The molecule has 0 bridgehead atoms. The number of carbonyl (C=O) groups excluding carboxylic acids is 2. The number of benzene rings is 2. The van der Waals surface area contributed by atoms with E-state index in [1.54, 1.807) is 35.2 Å². The van der Waals surface area contributed by atoms with Gasteiger partial charge in [0.2, 0.25) is 0 Å². The van der Waals surface area contributed by atoms with Crippen LogP contribution in [-0.2, 0) is 21.0 Å². The SMILES string of the molecule is O=C(O)CN1C2=C(C(=O)CCC2)C(c2cc(Cl)ccc2OCc2ccc([N+](=O)[O-])cc2)C2=C1CCCC2=O. The number of carbonyl (C=O) groups is 3. The predicted molar refractivity (Wildman–Crippen MR) is 138 cm³/mol. The first-order valence-corrected chi connectivity index (χ1v) is 12.8. The molecule has 2 aromatic rings. The van der Waals surface area contributed by atoms with Gasteiger partial charge in [-0.1, -0.05) is 11.6 Å². The molecule has 0 radical (unpaired) electrons. The number of hydrogen-bond acceptors (Lipinski definition) is 7. The van der Waals surface area contributed by atoms with Gasteiger partial charge in [-0.25, -0.2) is 0 Å². The molecule has 1 aliphatic heterocycles. The fraction of sp³-hybridized carbons (Fsp3) is 0.321. The molecule has 2 aromatic carbocycles. The molecular weight excluding hydrogens is 512 g/mol. The van der Waals surface area contributed by atoms with E-state index in [9.17, 15) is 29.6 Å². The Morgan fingerprint density at radius 3 is 2.16 bits per heavy atom. The molecule has 0 fully saturated rings. The van der Waals surface area contributed by atoms with E-state index in [1.807, 2.05) is 0 Å². The molecule has 0 aromatic heterocycles. The molecule has 2 aliphatic carbocycles. The quantitative estimate of drug-likeness (QED) is 0.372. The Kier molecular flexibility index (Phi) is 7.03. The van der Waals surface area contributed by atoms with Crippen LogP contribution in [0.5, 0.6) is 5.75 Å². The highest BCUT2D eigenvalue weighted by Gasteiger charge is 2.44. The van der Waals surface area contributed by atoms with Crippen molar-refractivity contribution in [2.75, 3.05) is 6.54 Å². The molecule has 0 saturated carbocycles. The summed E-state index contributed by atoms with van der Waals surface area (Å²) >= 11 is 6.41. The van der Waals surface area contributed by atoms with E-state index < -0.39 is 16.8 Å². The van der Waals surface area contributed by atoms with Crippen molar-refractivity contribution in [3.05, 3.63) is 91.3 Å². The number of carboxylic acids is 1. The molecule has 0 atom stereocenters. The highest BCUT2D eigenvalue weighted by atomic mass is 35.5. The molecule has 38 heavy (non-hydrogen) atoms. The van der Waals surface area contributed by atoms with Crippen molar-refractivity contribution < 1.29 is 29.2 Å². The Labute approximate surface area is 223 Å². The minimum Gasteiger partial charge on any atom is -0.489 e. The van der Waals surface area contributed by atoms with Crippen molar-refractivity contribution in [1.82, 2.24) is 4.90 Å². The van der Waals surface area contributed by atoms with Gasteiger partial charge in [0.15, 0.2) is 11.6 Å². The van der Waals surface area contributed by atoms with Gasteiger partial charge in [0.25, 0.3) is 5.69 Å². The average molecular weight is 537 g/mol. The van der Waals surface area contributed by atoms with Gasteiger partial charge in [0.05, 0.1) is 4.92 Å². The number of hydrogen-bond donors (Lipinski definition) is 1. The van der Waals surface area contributed by atoms with E-state index in [1.165, 1.54) is 12.1 Å². The van der Waals surface area contributed by atoms with Crippen LogP contribution in [0.3, 0.4) is 0 Å². The summed E-state index contributed by atoms with van der Waals surface area (Å²) in [4.78, 5) is 50.7. The largest absolute Gasteiger partial charge is 0.489 e. The number of carboxylic acid groups (broad SMARTS) is 1. The Balaban J connectivity index is 1.61. The molecule has 0 unspecified atom stereocenters. The van der Waals surface area contributed by atoms with Crippen molar-refractivity contribution in [2.24, 2.45) is 0 Å². The highest BCUT2D eigenvalue weighted by molar-refractivity contribution is 6.30. The van der Waals surface area contributed by atoms with E-state index in [0.29, 0.717) is 83.0 Å². The maximum absolute atomic E-state index is 13.4. The Hall–Kier alpha value is -3.98. The molecule has 3 aliphatic rings. The highest BCUT2D eigenvalue weighted by Crippen LogP contribution is 2.51. The van der Waals surface area contributed by atoms with Crippen molar-refractivity contribution in [2.45, 2.75) is 51.0 Å². The van der Waals surface area contributed by atoms with Gasteiger partial charge >= 0.3 is 5.97 Å². The van der Waals surface area contributed by atoms with E-state index in [4.69, 9.17) is 16.3 Å². The van der Waals surface area contributed by atoms with Crippen LogP contribution in [-0.4, -0.2) is 39.0 Å². The van der Waals surface area contributed by atoms with Crippen LogP contribution >= 0.6 is 11.6 Å². The minimum atomic E-state index is -1.03. The summed E-state index contributed by atoms with van der Waals surface area (Å²) < 4.78 is 6.15. The maximum Gasteiger partial charge on any atom is 0.323 e. The summed E-state index contributed by atoms with van der Waals surface area (Å²) in [6.45, 7) is -0.214. The third-order valence-corrected chi connectivity index (χ3v) is 7.44. The van der Waals surface area contributed by atoms with Crippen LogP contribution in [0, 0.1) is 10.1 Å². The summed E-state index contributed by atoms with van der Waals surface area (Å²) in [6.07, 6.45) is 2.91. The number of aliphatic carboxylic acids is 1. The maximum atomic E-state index is 13.4. The Bertz CT molecular complexity index is 1370. The van der Waals surface area contributed by atoms with E-state index in [2.05, 4.69) is 0 Å². The van der Waals surface area contributed by atoms with Crippen LogP contribution in [0.25, 0.3) is 0 Å². The summed E-state index contributed by atoms with van der Waals surface area (Å²) in [5.41, 5.74) is 3.43. The molecule has 5 rings (SSSR count). The molecule has 0 amide bonds. The number of Topliss-reactive ketones (excluding diaryl/α,β-unsaturated/α-hetero) is 2. The summed E-state index contributed by atoms with van der Waals surface area (Å²) in [7, 11) is 0. The van der Waals surface area contributed by atoms with Crippen molar-refractivity contribution >= 4 is 34.8 Å². The van der Waals surface area contributed by atoms with Crippen molar-refractivity contribution in [3.63, 3.8) is 0 Å². The van der Waals surface area contributed by atoms with Crippen LogP contribution in [0.15, 0.2) is 65.0 Å². The van der Waals surface area contributed by atoms with Gasteiger partial charge in [-0.3, -0.25) is 24.5 Å². The van der Waals surface area contributed by atoms with Crippen molar-refractivity contribution in [1.29, 1.82) is 0 Å². The zero-order chi connectivity index (χ0) is 27.0. The van der Waals surface area contributed by atoms with Gasteiger partial charge < -0.3 is 14.7 Å². The molecule has 0 saturated heterocycles.